The van der Waals surface area contributed by atoms with Crippen LogP contribution in [0.3, 0.4) is 0 Å². The molecule has 1 aromatic heterocycles. The van der Waals surface area contributed by atoms with Gasteiger partial charge in [0.05, 0.1) is 16.9 Å². The van der Waals surface area contributed by atoms with Crippen LogP contribution in [0.4, 0.5) is 8.78 Å². The van der Waals surface area contributed by atoms with Crippen LogP contribution < -0.4 is 5.73 Å². The summed E-state index contributed by atoms with van der Waals surface area (Å²) in [7, 11) is -1.37. The Morgan fingerprint density at radius 1 is 1.14 bits per heavy atom. The predicted molar refractivity (Wildman–Crippen MR) is 192 cm³/mol. The first-order chi connectivity index (χ1) is 24.1. The van der Waals surface area contributed by atoms with E-state index in [9.17, 15) is 27.7 Å². The van der Waals surface area contributed by atoms with E-state index in [0.29, 0.717) is 29.7 Å². The summed E-state index contributed by atoms with van der Waals surface area (Å²) in [5, 5.41) is 9.15. The molecule has 2 fully saturated rings. The molecule has 3 heterocycles. The highest BCUT2D eigenvalue weighted by atomic mass is 32.1. The minimum atomic E-state index is -5.60. The summed E-state index contributed by atoms with van der Waals surface area (Å²) in [4.78, 5) is 64.5. The standard InChI is InChI=1S/C12H22N2O2.C12H14N2.C10H8F2NO4PS.CH2O/c1-11(16)14(8-4-10-15)9-6-12-5-3-7-13(12)2;1-14-9-10(8-13)7-12(14)11-5-3-2-4-6-11;11-10(12,18(15,16)17)6-1-2-7-5(3-6)4-8(19-7)9(13)14;1-2/h10,12H,3-9H2,1-2H3;2-6,10,12H,7,9H2,1H3;1-4H,(H2,13,14)(H2,15,16,17);1H2. The summed E-state index contributed by atoms with van der Waals surface area (Å²) in [5.41, 5.74) is 1.32. The molecule has 278 valence electrons. The van der Waals surface area contributed by atoms with Crippen molar-refractivity contribution in [2.45, 2.75) is 56.8 Å². The second-order valence-electron chi connectivity index (χ2n) is 12.3. The summed E-state index contributed by atoms with van der Waals surface area (Å²) < 4.78 is 38.3. The third-order valence-electron chi connectivity index (χ3n) is 8.75. The first kappa shape index (κ1) is 43.3. The number of benzene rings is 2. The third-order valence-corrected chi connectivity index (χ3v) is 10.9. The number of carbonyl (C=O) groups is 4. The quantitative estimate of drug-likeness (QED) is 0.185. The molecule has 3 atom stereocenters. The van der Waals surface area contributed by atoms with Gasteiger partial charge in [-0.2, -0.15) is 14.0 Å². The van der Waals surface area contributed by atoms with E-state index in [1.165, 1.54) is 37.1 Å². The summed E-state index contributed by atoms with van der Waals surface area (Å²) in [6, 6.07) is 18.3. The molecule has 0 spiro atoms. The van der Waals surface area contributed by atoms with Gasteiger partial charge in [-0.05, 0) is 75.5 Å². The number of carbonyl (C=O) groups excluding carboxylic acids is 4. The van der Waals surface area contributed by atoms with Crippen LogP contribution in [0.25, 0.3) is 10.1 Å². The van der Waals surface area contributed by atoms with Gasteiger partial charge in [-0.1, -0.05) is 36.4 Å². The topological polar surface area (TPSA) is 185 Å². The molecule has 4 N–H and O–H groups in total. The lowest BCUT2D eigenvalue weighted by Gasteiger charge is -2.25. The smallest absolute Gasteiger partial charge is 0.365 e. The van der Waals surface area contributed by atoms with E-state index in [1.807, 2.05) is 12.9 Å². The van der Waals surface area contributed by atoms with E-state index in [4.69, 9.17) is 25.6 Å². The molecule has 12 nitrogen and oxygen atoms in total. The van der Waals surface area contributed by atoms with Crippen LogP contribution in [0.15, 0.2) is 54.6 Å². The molecule has 2 amide bonds. The van der Waals surface area contributed by atoms with E-state index >= 15 is 0 Å². The number of alkyl halides is 2. The maximum Gasteiger partial charge on any atom is 0.399 e. The van der Waals surface area contributed by atoms with Crippen LogP contribution in [0.5, 0.6) is 0 Å². The predicted octanol–water partition coefficient (Wildman–Crippen LogP) is 5.15. The van der Waals surface area contributed by atoms with Gasteiger partial charge in [0.2, 0.25) is 5.91 Å². The van der Waals surface area contributed by atoms with Gasteiger partial charge in [-0.25, -0.2) is 0 Å². The number of nitriles is 1. The maximum atomic E-state index is 13.5. The molecular formula is C35H46F2N5O7PS. The number of fused-ring (bicyclic) bond motifs is 1. The third kappa shape index (κ3) is 12.4. The molecule has 0 radical (unpaired) electrons. The molecule has 2 aliphatic rings. The van der Waals surface area contributed by atoms with Gasteiger partial charge in [0.25, 0.3) is 5.91 Å². The normalized spacial score (nSPS) is 19.0. The van der Waals surface area contributed by atoms with Crippen LogP contribution in [-0.4, -0.2) is 95.7 Å². The largest absolute Gasteiger partial charge is 0.399 e. The SMILES string of the molecule is C=O.CC(=O)N(CCC=O)CCC1CCCN1C.CN1CC(C#N)CC1c1ccccc1.NC(=O)c1cc2cc(C(F)(F)P(=O)(O)O)ccc2s1. The van der Waals surface area contributed by atoms with Crippen molar-refractivity contribution in [3.05, 3.63) is 70.6 Å². The number of hydrogen-bond donors (Lipinski definition) is 3. The molecule has 3 aromatic rings. The van der Waals surface area contributed by atoms with Crippen LogP contribution in [0.2, 0.25) is 0 Å². The Hall–Kier alpha value is -3.90. The lowest BCUT2D eigenvalue weighted by Crippen LogP contribution is -2.35. The van der Waals surface area contributed by atoms with Crippen molar-refractivity contribution >= 4 is 53.9 Å². The minimum absolute atomic E-state index is 0.0718. The molecule has 0 saturated carbocycles. The molecule has 0 aliphatic carbocycles. The maximum absolute atomic E-state index is 13.5. The summed E-state index contributed by atoms with van der Waals surface area (Å²) in [6.07, 6.45) is 5.80. The molecule has 0 bridgehead atoms. The molecule has 2 aliphatic heterocycles. The first-order valence-electron chi connectivity index (χ1n) is 16.2. The van der Waals surface area contributed by atoms with Gasteiger partial charge < -0.3 is 34.9 Å². The van der Waals surface area contributed by atoms with E-state index in [2.05, 4.69) is 54.2 Å². The number of nitrogens with zero attached hydrogens (tertiary/aromatic N) is 4. The monoisotopic (exact) mass is 749 g/mol. The van der Waals surface area contributed by atoms with Crippen molar-refractivity contribution in [2.24, 2.45) is 11.7 Å². The first-order valence-corrected chi connectivity index (χ1v) is 18.6. The fourth-order valence-electron chi connectivity index (χ4n) is 5.96. The number of thiophene rings is 1. The van der Waals surface area contributed by atoms with E-state index in [-0.39, 0.29) is 22.1 Å². The molecule has 3 unspecified atom stereocenters. The number of primary amides is 1. The Bertz CT molecular complexity index is 1680. The van der Waals surface area contributed by atoms with E-state index in [0.717, 1.165) is 55.7 Å². The fourth-order valence-corrected chi connectivity index (χ4v) is 7.33. The van der Waals surface area contributed by atoms with Gasteiger partial charge in [-0.15, -0.1) is 11.3 Å². The second kappa shape index (κ2) is 20.2. The molecule has 16 heteroatoms. The van der Waals surface area contributed by atoms with Crippen molar-refractivity contribution in [3.8, 4) is 6.07 Å². The van der Waals surface area contributed by atoms with Crippen LogP contribution in [0, 0.1) is 17.2 Å². The Labute approximate surface area is 301 Å². The summed E-state index contributed by atoms with van der Waals surface area (Å²) in [5.74, 6) is -0.419. The van der Waals surface area contributed by atoms with Gasteiger partial charge in [0.15, 0.2) is 0 Å². The number of amides is 2. The Kier molecular flexibility index (Phi) is 17.2. The summed E-state index contributed by atoms with van der Waals surface area (Å²) in [6.45, 7) is 6.98. The zero-order valence-corrected chi connectivity index (χ0v) is 30.7. The van der Waals surface area contributed by atoms with Gasteiger partial charge in [0, 0.05) is 55.3 Å². The Morgan fingerprint density at radius 3 is 2.31 bits per heavy atom. The molecule has 51 heavy (non-hydrogen) atoms. The highest BCUT2D eigenvalue weighted by molar-refractivity contribution is 7.52. The van der Waals surface area contributed by atoms with Crippen LogP contribution >= 0.6 is 18.9 Å². The number of rotatable bonds is 10. The van der Waals surface area contributed by atoms with Gasteiger partial charge in [-0.3, -0.25) is 19.1 Å². The van der Waals surface area contributed by atoms with Crippen molar-refractivity contribution < 1.29 is 42.3 Å². The minimum Gasteiger partial charge on any atom is -0.365 e. The number of nitrogens with two attached hydrogens (primary N) is 1. The highest BCUT2D eigenvalue weighted by Gasteiger charge is 2.50. The van der Waals surface area contributed by atoms with Crippen molar-refractivity contribution in [1.82, 2.24) is 14.7 Å². The van der Waals surface area contributed by atoms with E-state index < -0.39 is 24.7 Å². The molecule has 5 rings (SSSR count). The van der Waals surface area contributed by atoms with Crippen LogP contribution in [-0.2, 0) is 24.6 Å². The number of hydrogen-bond acceptors (Lipinski definition) is 9. The summed E-state index contributed by atoms with van der Waals surface area (Å²) >= 11 is 1.02. The molecule has 2 saturated heterocycles. The van der Waals surface area contributed by atoms with Gasteiger partial charge >= 0.3 is 13.3 Å². The van der Waals surface area contributed by atoms with Crippen molar-refractivity contribution in [1.29, 1.82) is 5.26 Å². The van der Waals surface area contributed by atoms with Crippen molar-refractivity contribution in [2.75, 3.05) is 40.3 Å². The Balaban J connectivity index is 0.000000261. The lowest BCUT2D eigenvalue weighted by molar-refractivity contribution is -0.129. The lowest BCUT2D eigenvalue weighted by atomic mass is 10.0. The highest BCUT2D eigenvalue weighted by Crippen LogP contribution is 2.59. The molecule has 2 aromatic carbocycles. The fraction of sp³-hybridized carbons (Fsp3) is 0.457. The number of halogens is 2. The van der Waals surface area contributed by atoms with E-state index in [1.54, 1.807) is 11.8 Å². The van der Waals surface area contributed by atoms with Crippen LogP contribution in [0.1, 0.15) is 65.9 Å². The average Bonchev–Trinajstić information content (AvgIpc) is 3.83. The zero-order chi connectivity index (χ0) is 38.4. The zero-order valence-electron chi connectivity index (χ0n) is 29.0. The average molecular weight is 750 g/mol. The second-order valence-corrected chi connectivity index (χ2v) is 15.0. The number of likely N-dealkylation sites (tertiary alicyclic amines) is 2. The number of aldehydes is 1. The Morgan fingerprint density at radius 2 is 1.80 bits per heavy atom. The molecular weight excluding hydrogens is 703 g/mol. The van der Waals surface area contributed by atoms with Gasteiger partial charge in [0.1, 0.15) is 13.1 Å². The van der Waals surface area contributed by atoms with Crippen molar-refractivity contribution in [3.63, 3.8) is 0 Å².